The Balaban J connectivity index is 2.61. The molecule has 15 heavy (non-hydrogen) atoms. The lowest BCUT2D eigenvalue weighted by atomic mass is 9.91. The second kappa shape index (κ2) is 4.92. The molecule has 1 heterocycles. The molecule has 0 atom stereocenters. The molecule has 1 rings (SSSR count). The Morgan fingerprint density at radius 2 is 2.13 bits per heavy atom. The van der Waals surface area contributed by atoms with Crippen molar-refractivity contribution in [3.63, 3.8) is 0 Å². The fourth-order valence-electron chi connectivity index (χ4n) is 1.04. The zero-order valence-corrected chi connectivity index (χ0v) is 10.1. The molecule has 1 aromatic rings. The molecule has 82 valence electrons. The van der Waals surface area contributed by atoms with E-state index in [9.17, 15) is 0 Å². The number of hydrogen-bond acceptors (Lipinski definition) is 4. The standard InChI is InChI=1S/C10H16BNO2S/c1-10(2,3)8-7-15-9(12-8)5-4-6-11(13)14/h4,6-7,13-14H,5H2,1-3H3/b6-4+. The van der Waals surface area contributed by atoms with Gasteiger partial charge in [-0.2, -0.15) is 0 Å². The predicted octanol–water partition coefficient (Wildman–Crippen LogP) is 1.55. The molecule has 0 spiro atoms. The summed E-state index contributed by atoms with van der Waals surface area (Å²) >= 11 is 1.60. The van der Waals surface area contributed by atoms with Gasteiger partial charge >= 0.3 is 7.12 Å². The first kappa shape index (κ1) is 12.4. The van der Waals surface area contributed by atoms with Crippen LogP contribution >= 0.6 is 11.3 Å². The predicted molar refractivity (Wildman–Crippen MR) is 63.8 cm³/mol. The average molecular weight is 225 g/mol. The molecule has 0 bridgehead atoms. The SMILES string of the molecule is CC(C)(C)c1csc(C/C=C/B(O)O)n1. The third-order valence-electron chi connectivity index (χ3n) is 1.92. The van der Waals surface area contributed by atoms with Crippen molar-refractivity contribution in [3.8, 4) is 0 Å². The van der Waals surface area contributed by atoms with Crippen LogP contribution in [0.15, 0.2) is 17.4 Å². The van der Waals surface area contributed by atoms with Gasteiger partial charge < -0.3 is 10.0 Å². The molecule has 0 aliphatic carbocycles. The first-order valence-electron chi connectivity index (χ1n) is 4.87. The minimum Gasteiger partial charge on any atom is -0.424 e. The molecule has 0 amide bonds. The monoisotopic (exact) mass is 225 g/mol. The van der Waals surface area contributed by atoms with E-state index in [-0.39, 0.29) is 5.41 Å². The Bertz CT molecular complexity index is 341. The minimum absolute atomic E-state index is 0.0783. The molecular weight excluding hydrogens is 209 g/mol. The molecule has 2 N–H and O–H groups in total. The number of rotatable bonds is 3. The fourth-order valence-corrected chi connectivity index (χ4v) is 2.04. The van der Waals surface area contributed by atoms with Crippen LogP contribution in [-0.4, -0.2) is 22.2 Å². The van der Waals surface area contributed by atoms with Gasteiger partial charge in [0.2, 0.25) is 0 Å². The molecule has 0 aliphatic rings. The van der Waals surface area contributed by atoms with E-state index in [0.29, 0.717) is 6.42 Å². The van der Waals surface area contributed by atoms with Gasteiger partial charge in [0.15, 0.2) is 0 Å². The van der Waals surface area contributed by atoms with Crippen LogP contribution in [-0.2, 0) is 11.8 Å². The Morgan fingerprint density at radius 3 is 2.60 bits per heavy atom. The van der Waals surface area contributed by atoms with Gasteiger partial charge in [-0.1, -0.05) is 32.8 Å². The van der Waals surface area contributed by atoms with E-state index in [2.05, 4.69) is 31.1 Å². The maximum absolute atomic E-state index is 8.62. The summed E-state index contributed by atoms with van der Waals surface area (Å²) in [7, 11) is -1.37. The van der Waals surface area contributed by atoms with Crippen molar-refractivity contribution in [2.75, 3.05) is 0 Å². The largest absolute Gasteiger partial charge is 0.480 e. The van der Waals surface area contributed by atoms with Gasteiger partial charge in [-0.3, -0.25) is 0 Å². The number of nitrogens with zero attached hydrogens (tertiary/aromatic N) is 1. The molecule has 0 fully saturated rings. The third kappa shape index (κ3) is 4.16. The summed E-state index contributed by atoms with van der Waals surface area (Å²) in [6, 6.07) is 0. The second-order valence-corrected chi connectivity index (χ2v) is 5.37. The first-order chi connectivity index (χ1) is 6.89. The number of thiazole rings is 1. The smallest absolute Gasteiger partial charge is 0.424 e. The third-order valence-corrected chi connectivity index (χ3v) is 2.79. The number of hydrogen-bond donors (Lipinski definition) is 2. The van der Waals surface area contributed by atoms with Crippen LogP contribution in [0.5, 0.6) is 0 Å². The molecule has 3 nitrogen and oxygen atoms in total. The first-order valence-corrected chi connectivity index (χ1v) is 5.75. The molecule has 0 aromatic carbocycles. The lowest BCUT2D eigenvalue weighted by Crippen LogP contribution is -2.11. The van der Waals surface area contributed by atoms with Crippen LogP contribution in [0.3, 0.4) is 0 Å². The summed E-state index contributed by atoms with van der Waals surface area (Å²) in [5, 5.41) is 20.3. The summed E-state index contributed by atoms with van der Waals surface area (Å²) in [5.74, 6) is 1.35. The van der Waals surface area contributed by atoms with E-state index < -0.39 is 7.12 Å². The fraction of sp³-hybridized carbons (Fsp3) is 0.500. The van der Waals surface area contributed by atoms with E-state index >= 15 is 0 Å². The van der Waals surface area contributed by atoms with E-state index in [4.69, 9.17) is 10.0 Å². The lowest BCUT2D eigenvalue weighted by molar-refractivity contribution is 0.424. The summed E-state index contributed by atoms with van der Waals surface area (Å²) < 4.78 is 0. The van der Waals surface area contributed by atoms with Gasteiger partial charge in [0.25, 0.3) is 0 Å². The zero-order valence-electron chi connectivity index (χ0n) is 9.27. The van der Waals surface area contributed by atoms with Crippen LogP contribution in [0.1, 0.15) is 31.5 Å². The summed E-state index contributed by atoms with van der Waals surface area (Å²) in [6.45, 7) is 6.37. The summed E-state index contributed by atoms with van der Waals surface area (Å²) in [6.07, 6.45) is 2.37. The van der Waals surface area contributed by atoms with E-state index in [1.165, 1.54) is 5.98 Å². The molecule has 0 unspecified atom stereocenters. The Labute approximate surface area is 94.6 Å². The van der Waals surface area contributed by atoms with Gasteiger partial charge in [0.1, 0.15) is 0 Å². The van der Waals surface area contributed by atoms with Crippen molar-refractivity contribution in [2.45, 2.75) is 32.6 Å². The molecular formula is C10H16BNO2S. The summed E-state index contributed by atoms with van der Waals surface area (Å²) in [4.78, 5) is 4.48. The quantitative estimate of drug-likeness (QED) is 0.767. The van der Waals surface area contributed by atoms with Crippen LogP contribution in [0.2, 0.25) is 0 Å². The van der Waals surface area contributed by atoms with Crippen LogP contribution in [0, 0.1) is 0 Å². The van der Waals surface area contributed by atoms with Crippen molar-refractivity contribution in [3.05, 3.63) is 28.1 Å². The van der Waals surface area contributed by atoms with Crippen LogP contribution in [0.4, 0.5) is 0 Å². The Hall–Kier alpha value is -0.645. The second-order valence-electron chi connectivity index (χ2n) is 4.42. The average Bonchev–Trinajstić information content (AvgIpc) is 2.51. The lowest BCUT2D eigenvalue weighted by Gasteiger charge is -2.14. The van der Waals surface area contributed by atoms with Crippen molar-refractivity contribution in [2.24, 2.45) is 0 Å². The molecule has 0 radical (unpaired) electrons. The van der Waals surface area contributed by atoms with Gasteiger partial charge in [0.05, 0.1) is 10.7 Å². The van der Waals surface area contributed by atoms with Crippen LogP contribution in [0.25, 0.3) is 0 Å². The topological polar surface area (TPSA) is 53.4 Å². The Morgan fingerprint density at radius 1 is 1.47 bits per heavy atom. The highest BCUT2D eigenvalue weighted by atomic mass is 32.1. The zero-order chi connectivity index (χ0) is 11.5. The van der Waals surface area contributed by atoms with E-state index in [0.717, 1.165) is 10.7 Å². The summed E-state index contributed by atoms with van der Waals surface area (Å²) in [5.41, 5.74) is 1.16. The number of aromatic nitrogens is 1. The van der Waals surface area contributed by atoms with Gasteiger partial charge in [-0.05, 0) is 0 Å². The van der Waals surface area contributed by atoms with E-state index in [1.807, 2.05) is 0 Å². The highest BCUT2D eigenvalue weighted by Gasteiger charge is 2.16. The molecule has 1 aromatic heterocycles. The van der Waals surface area contributed by atoms with Crippen molar-refractivity contribution < 1.29 is 10.0 Å². The van der Waals surface area contributed by atoms with Gasteiger partial charge in [-0.15, -0.1) is 11.3 Å². The van der Waals surface area contributed by atoms with Gasteiger partial charge in [-0.25, -0.2) is 4.98 Å². The van der Waals surface area contributed by atoms with Crippen molar-refractivity contribution in [1.29, 1.82) is 0 Å². The van der Waals surface area contributed by atoms with Crippen LogP contribution < -0.4 is 0 Å². The van der Waals surface area contributed by atoms with Crippen molar-refractivity contribution >= 4 is 18.5 Å². The molecule has 5 heteroatoms. The van der Waals surface area contributed by atoms with E-state index in [1.54, 1.807) is 17.4 Å². The highest BCUT2D eigenvalue weighted by molar-refractivity contribution is 7.09. The maximum Gasteiger partial charge on any atom is 0.480 e. The van der Waals surface area contributed by atoms with Gasteiger partial charge in [0, 0.05) is 17.2 Å². The Kier molecular flexibility index (Phi) is 4.08. The normalized spacial score (nSPS) is 12.3. The molecule has 0 saturated heterocycles. The number of allylic oxidation sites excluding steroid dienone is 1. The molecule has 0 saturated carbocycles. The molecule has 0 aliphatic heterocycles. The maximum atomic E-state index is 8.62. The minimum atomic E-state index is -1.37. The highest BCUT2D eigenvalue weighted by Crippen LogP contribution is 2.24. The van der Waals surface area contributed by atoms with Crippen molar-refractivity contribution in [1.82, 2.24) is 4.98 Å².